The van der Waals surface area contributed by atoms with Crippen molar-refractivity contribution in [1.82, 2.24) is 0 Å². The summed E-state index contributed by atoms with van der Waals surface area (Å²) in [4.78, 5) is 26.8. The third-order valence-corrected chi connectivity index (χ3v) is 6.33. The van der Waals surface area contributed by atoms with Crippen LogP contribution >= 0.6 is 39.3 Å². The number of thioether (sulfide) groups is 1. The molecule has 0 radical (unpaired) electrons. The Morgan fingerprint density at radius 1 is 1.06 bits per heavy atom. The van der Waals surface area contributed by atoms with Gasteiger partial charge in [0.15, 0.2) is 11.5 Å². The molecule has 1 aliphatic rings. The summed E-state index contributed by atoms with van der Waals surface area (Å²) in [5.74, 6) is 0.665. The lowest BCUT2D eigenvalue weighted by Crippen LogP contribution is -2.27. The molecule has 0 aliphatic carbocycles. The fourth-order valence-corrected chi connectivity index (χ4v) is 4.75. The van der Waals surface area contributed by atoms with Crippen molar-refractivity contribution in [2.45, 2.75) is 6.61 Å². The number of carbonyl (C=O) groups excluding carboxylic acids is 2. The maximum absolute atomic E-state index is 12.9. The predicted octanol–water partition coefficient (Wildman–Crippen LogP) is 6.93. The van der Waals surface area contributed by atoms with Crippen molar-refractivity contribution < 1.29 is 19.1 Å². The fourth-order valence-electron chi connectivity index (χ4n) is 3.15. The summed E-state index contributed by atoms with van der Waals surface area (Å²) in [6.45, 7) is 0.383. The number of amides is 2. The van der Waals surface area contributed by atoms with Crippen LogP contribution in [0.2, 0.25) is 5.02 Å². The van der Waals surface area contributed by atoms with Gasteiger partial charge in [0.2, 0.25) is 0 Å². The van der Waals surface area contributed by atoms with Crippen LogP contribution in [0.4, 0.5) is 10.5 Å². The van der Waals surface area contributed by atoms with Crippen molar-refractivity contribution in [3.05, 3.63) is 92.3 Å². The maximum Gasteiger partial charge on any atom is 0.298 e. The van der Waals surface area contributed by atoms with E-state index in [1.165, 1.54) is 0 Å². The number of ether oxygens (including phenoxy) is 2. The Bertz CT molecular complexity index is 1220. The molecule has 3 aromatic rings. The topological polar surface area (TPSA) is 55.8 Å². The molecule has 0 bridgehead atoms. The Morgan fingerprint density at radius 2 is 1.84 bits per heavy atom. The van der Waals surface area contributed by atoms with Crippen molar-refractivity contribution in [2.75, 3.05) is 12.0 Å². The minimum absolute atomic E-state index is 0.307. The van der Waals surface area contributed by atoms with E-state index in [0.717, 1.165) is 22.2 Å². The van der Waals surface area contributed by atoms with Crippen LogP contribution < -0.4 is 14.4 Å². The first-order valence-corrected chi connectivity index (χ1v) is 11.5. The Balaban J connectivity index is 1.59. The lowest BCUT2D eigenvalue weighted by Gasteiger charge is -2.14. The number of anilines is 1. The summed E-state index contributed by atoms with van der Waals surface area (Å²) in [5, 5.41) is 0.0719. The van der Waals surface area contributed by atoms with Crippen LogP contribution in [-0.2, 0) is 11.4 Å². The Hall–Kier alpha value is -2.74. The number of nitrogens with zero attached hydrogens (tertiary/aromatic N) is 1. The molecular weight excluding hydrogens is 514 g/mol. The quantitative estimate of drug-likeness (QED) is 0.323. The van der Waals surface area contributed by atoms with Gasteiger partial charge in [-0.15, -0.1) is 0 Å². The van der Waals surface area contributed by atoms with Gasteiger partial charge in [0.05, 0.1) is 22.2 Å². The molecule has 0 saturated carbocycles. The Labute approximate surface area is 203 Å². The van der Waals surface area contributed by atoms with Gasteiger partial charge in [-0.1, -0.05) is 48.0 Å². The van der Waals surface area contributed by atoms with Gasteiger partial charge in [-0.25, -0.2) is 4.90 Å². The molecule has 32 heavy (non-hydrogen) atoms. The molecule has 1 fully saturated rings. The van der Waals surface area contributed by atoms with Crippen molar-refractivity contribution in [3.8, 4) is 11.5 Å². The average molecular weight is 531 g/mol. The van der Waals surface area contributed by atoms with Crippen LogP contribution in [0.5, 0.6) is 11.5 Å². The van der Waals surface area contributed by atoms with Crippen LogP contribution in [0.15, 0.2) is 76.1 Å². The molecule has 0 atom stereocenters. The van der Waals surface area contributed by atoms with Crippen molar-refractivity contribution in [1.29, 1.82) is 0 Å². The molecule has 2 amide bonds. The number of benzene rings is 3. The molecular formula is C24H17BrClNO4S. The lowest BCUT2D eigenvalue weighted by atomic mass is 10.1. The second-order valence-corrected chi connectivity index (χ2v) is 9.09. The van der Waals surface area contributed by atoms with E-state index < -0.39 is 5.91 Å². The number of imide groups is 1. The summed E-state index contributed by atoms with van der Waals surface area (Å²) in [6, 6.07) is 20.0. The first-order valence-electron chi connectivity index (χ1n) is 9.54. The van der Waals surface area contributed by atoms with Crippen molar-refractivity contribution in [3.63, 3.8) is 0 Å². The molecule has 0 aromatic heterocycles. The molecule has 0 spiro atoms. The highest BCUT2D eigenvalue weighted by Gasteiger charge is 2.36. The number of rotatable bonds is 6. The van der Waals surface area contributed by atoms with Crippen LogP contribution in [0.25, 0.3) is 6.08 Å². The van der Waals surface area contributed by atoms with Crippen LogP contribution in [0.1, 0.15) is 11.1 Å². The first kappa shape index (κ1) is 22.5. The first-order chi connectivity index (χ1) is 15.5. The van der Waals surface area contributed by atoms with Gasteiger partial charge in [-0.2, -0.15) is 0 Å². The summed E-state index contributed by atoms with van der Waals surface area (Å²) < 4.78 is 12.1. The number of hydrogen-bond donors (Lipinski definition) is 0. The smallest absolute Gasteiger partial charge is 0.298 e. The van der Waals surface area contributed by atoms with Crippen molar-refractivity contribution in [2.24, 2.45) is 0 Å². The van der Waals surface area contributed by atoms with Gasteiger partial charge in [0, 0.05) is 5.02 Å². The molecule has 8 heteroatoms. The van der Waals surface area contributed by atoms with Gasteiger partial charge in [-0.3, -0.25) is 9.59 Å². The molecule has 1 heterocycles. The van der Waals surface area contributed by atoms with Crippen LogP contribution in [0.3, 0.4) is 0 Å². The van der Waals surface area contributed by atoms with Gasteiger partial charge in [0.25, 0.3) is 11.1 Å². The Morgan fingerprint density at radius 3 is 2.56 bits per heavy atom. The average Bonchev–Trinajstić information content (AvgIpc) is 3.06. The van der Waals surface area contributed by atoms with Crippen LogP contribution in [0, 0.1) is 0 Å². The maximum atomic E-state index is 12.9. The second-order valence-electron chi connectivity index (χ2n) is 6.81. The van der Waals surface area contributed by atoms with Gasteiger partial charge in [0.1, 0.15) is 6.61 Å². The summed E-state index contributed by atoms with van der Waals surface area (Å²) in [7, 11) is 1.55. The SMILES string of the molecule is COc1cc(/C=C2/SC(=O)N(c3cccc(Cl)c3)C2=O)cc(Br)c1OCc1ccccc1. The number of carbonyl (C=O) groups is 2. The fraction of sp³-hybridized carbons (Fsp3) is 0.0833. The van der Waals surface area contributed by atoms with E-state index in [4.69, 9.17) is 21.1 Å². The Kier molecular flexibility index (Phi) is 6.89. The van der Waals surface area contributed by atoms with E-state index in [2.05, 4.69) is 15.9 Å². The standard InChI is InChI=1S/C24H17BrClNO4S/c1-30-20-11-16(10-19(25)22(20)31-14-15-6-3-2-4-7-15)12-21-23(28)27(24(29)32-21)18-9-5-8-17(26)13-18/h2-13H,14H2,1H3/b21-12+. The number of methoxy groups -OCH3 is 1. The van der Waals surface area contributed by atoms with Gasteiger partial charge in [-0.05, 0) is 75.2 Å². The second kappa shape index (κ2) is 9.81. The third kappa shape index (κ3) is 4.85. The summed E-state index contributed by atoms with van der Waals surface area (Å²) in [5.41, 5.74) is 2.16. The third-order valence-electron chi connectivity index (χ3n) is 4.64. The van der Waals surface area contributed by atoms with E-state index in [9.17, 15) is 9.59 Å². The summed E-state index contributed by atoms with van der Waals surface area (Å²) in [6.07, 6.45) is 1.66. The molecule has 0 unspecified atom stereocenters. The minimum Gasteiger partial charge on any atom is -0.493 e. The minimum atomic E-state index is -0.401. The zero-order chi connectivity index (χ0) is 22.7. The normalized spacial score (nSPS) is 14.8. The number of hydrogen-bond acceptors (Lipinski definition) is 5. The van der Waals surface area contributed by atoms with E-state index >= 15 is 0 Å². The van der Waals surface area contributed by atoms with Crippen molar-refractivity contribution >= 4 is 62.2 Å². The van der Waals surface area contributed by atoms with E-state index in [0.29, 0.717) is 43.8 Å². The largest absolute Gasteiger partial charge is 0.493 e. The summed E-state index contributed by atoms with van der Waals surface area (Å²) >= 11 is 10.4. The highest BCUT2D eigenvalue weighted by Crippen LogP contribution is 2.40. The van der Waals surface area contributed by atoms with Gasteiger partial charge < -0.3 is 9.47 Å². The zero-order valence-electron chi connectivity index (χ0n) is 16.9. The molecule has 3 aromatic carbocycles. The molecule has 1 saturated heterocycles. The predicted molar refractivity (Wildman–Crippen MR) is 131 cm³/mol. The molecule has 4 rings (SSSR count). The molecule has 0 N–H and O–H groups in total. The highest BCUT2D eigenvalue weighted by atomic mass is 79.9. The monoisotopic (exact) mass is 529 g/mol. The van der Waals surface area contributed by atoms with Crippen LogP contribution in [-0.4, -0.2) is 18.3 Å². The van der Waals surface area contributed by atoms with E-state index in [1.54, 1.807) is 43.5 Å². The van der Waals surface area contributed by atoms with E-state index in [1.807, 2.05) is 36.4 Å². The highest BCUT2D eigenvalue weighted by molar-refractivity contribution is 9.10. The molecule has 5 nitrogen and oxygen atoms in total. The van der Waals surface area contributed by atoms with Gasteiger partial charge >= 0.3 is 0 Å². The zero-order valence-corrected chi connectivity index (χ0v) is 20.0. The number of halogens is 2. The molecule has 162 valence electrons. The van der Waals surface area contributed by atoms with E-state index in [-0.39, 0.29) is 5.24 Å². The lowest BCUT2D eigenvalue weighted by molar-refractivity contribution is -0.113. The molecule has 1 aliphatic heterocycles.